The van der Waals surface area contributed by atoms with Crippen molar-refractivity contribution in [2.75, 3.05) is 13.1 Å². The molecule has 108 valence electrons. The van der Waals surface area contributed by atoms with Crippen LogP contribution in [0.25, 0.3) is 0 Å². The van der Waals surface area contributed by atoms with Gasteiger partial charge in [0, 0.05) is 0 Å². The van der Waals surface area contributed by atoms with E-state index < -0.39 is 11.7 Å². The van der Waals surface area contributed by atoms with Gasteiger partial charge < -0.3 is 5.32 Å². The van der Waals surface area contributed by atoms with Gasteiger partial charge in [-0.05, 0) is 62.4 Å². The summed E-state index contributed by atoms with van der Waals surface area (Å²) < 4.78 is 37.3. The van der Waals surface area contributed by atoms with Gasteiger partial charge in [0.2, 0.25) is 0 Å². The lowest BCUT2D eigenvalue weighted by molar-refractivity contribution is -0.137. The lowest BCUT2D eigenvalue weighted by atomic mass is 9.92. The van der Waals surface area contributed by atoms with Crippen molar-refractivity contribution < 1.29 is 13.2 Å². The Morgan fingerprint density at radius 2 is 1.74 bits per heavy atom. The lowest BCUT2D eigenvalue weighted by Crippen LogP contribution is -2.14. The third-order valence-electron chi connectivity index (χ3n) is 3.50. The first-order valence-electron chi connectivity index (χ1n) is 6.42. The van der Waals surface area contributed by atoms with Crippen LogP contribution in [-0.4, -0.2) is 13.1 Å². The van der Waals surface area contributed by atoms with E-state index in [0.29, 0.717) is 5.92 Å². The standard InChI is InChI=1S/C14H18F3N.ClH/c15-14(16,17)13-5-3-12(4-6-13)10-11-2-1-8-18-9-7-11;/h3-6,11,18H,1-2,7-10H2;1H. The van der Waals surface area contributed by atoms with E-state index in [9.17, 15) is 13.2 Å². The van der Waals surface area contributed by atoms with Gasteiger partial charge >= 0.3 is 6.18 Å². The minimum Gasteiger partial charge on any atom is -0.317 e. The summed E-state index contributed by atoms with van der Waals surface area (Å²) in [5, 5.41) is 3.34. The maximum Gasteiger partial charge on any atom is 0.416 e. The molecule has 0 saturated carbocycles. The molecule has 5 heteroatoms. The molecule has 0 spiro atoms. The molecule has 19 heavy (non-hydrogen) atoms. The molecule has 1 heterocycles. The molecule has 0 aliphatic carbocycles. The predicted molar refractivity (Wildman–Crippen MR) is 72.6 cm³/mol. The number of alkyl halides is 3. The van der Waals surface area contributed by atoms with Crippen molar-refractivity contribution in [3.05, 3.63) is 35.4 Å². The second-order valence-electron chi connectivity index (χ2n) is 4.95. The van der Waals surface area contributed by atoms with Crippen molar-refractivity contribution in [1.82, 2.24) is 5.32 Å². The Morgan fingerprint density at radius 1 is 1.05 bits per heavy atom. The highest BCUT2D eigenvalue weighted by Crippen LogP contribution is 2.29. The molecular formula is C14H19ClF3N. The fourth-order valence-electron chi connectivity index (χ4n) is 2.46. The zero-order valence-electron chi connectivity index (χ0n) is 10.7. The first kappa shape index (κ1) is 16.3. The van der Waals surface area contributed by atoms with E-state index in [0.717, 1.165) is 44.3 Å². The van der Waals surface area contributed by atoms with E-state index in [-0.39, 0.29) is 12.4 Å². The molecule has 1 aliphatic heterocycles. The average Bonchev–Trinajstić information content (AvgIpc) is 2.57. The van der Waals surface area contributed by atoms with Gasteiger partial charge in [0.1, 0.15) is 0 Å². The summed E-state index contributed by atoms with van der Waals surface area (Å²) in [6.07, 6.45) is 0.0882. The lowest BCUT2D eigenvalue weighted by Gasteiger charge is -2.14. The second-order valence-corrected chi connectivity index (χ2v) is 4.95. The summed E-state index contributed by atoms with van der Waals surface area (Å²) in [5.41, 5.74) is 0.448. The second kappa shape index (κ2) is 7.15. The highest BCUT2D eigenvalue weighted by molar-refractivity contribution is 5.85. The minimum absolute atomic E-state index is 0. The zero-order valence-corrected chi connectivity index (χ0v) is 11.5. The Hall–Kier alpha value is -0.740. The van der Waals surface area contributed by atoms with Crippen LogP contribution in [0.15, 0.2) is 24.3 Å². The molecule has 1 N–H and O–H groups in total. The Bertz CT molecular complexity index is 367. The van der Waals surface area contributed by atoms with Gasteiger partial charge in [0.05, 0.1) is 5.56 Å². The van der Waals surface area contributed by atoms with Crippen LogP contribution in [0.1, 0.15) is 30.4 Å². The summed E-state index contributed by atoms with van der Waals surface area (Å²) in [6, 6.07) is 5.59. The molecule has 2 rings (SSSR count). The Kier molecular flexibility index (Phi) is 6.14. The van der Waals surface area contributed by atoms with Gasteiger partial charge in [-0.2, -0.15) is 13.2 Å². The summed E-state index contributed by atoms with van der Waals surface area (Å²) in [5.74, 6) is 0.594. The summed E-state index contributed by atoms with van der Waals surface area (Å²) in [6.45, 7) is 2.08. The molecule has 1 aromatic rings. The van der Waals surface area contributed by atoms with E-state index in [2.05, 4.69) is 5.32 Å². The molecule has 1 unspecified atom stereocenters. The van der Waals surface area contributed by atoms with Crippen LogP contribution in [0.5, 0.6) is 0 Å². The van der Waals surface area contributed by atoms with Crippen molar-refractivity contribution in [3.63, 3.8) is 0 Å². The Balaban J connectivity index is 0.00000180. The van der Waals surface area contributed by atoms with Gasteiger partial charge in [0.25, 0.3) is 0 Å². The number of rotatable bonds is 2. The van der Waals surface area contributed by atoms with E-state index in [1.165, 1.54) is 12.1 Å². The molecule has 1 aromatic carbocycles. The summed E-state index contributed by atoms with van der Waals surface area (Å²) in [4.78, 5) is 0. The van der Waals surface area contributed by atoms with Crippen LogP contribution in [0, 0.1) is 5.92 Å². The van der Waals surface area contributed by atoms with Crippen molar-refractivity contribution in [2.45, 2.75) is 31.9 Å². The molecule has 0 amide bonds. The third kappa shape index (κ3) is 5.03. The topological polar surface area (TPSA) is 12.0 Å². The number of benzene rings is 1. The number of hydrogen-bond acceptors (Lipinski definition) is 1. The van der Waals surface area contributed by atoms with Gasteiger partial charge in [-0.3, -0.25) is 0 Å². The van der Waals surface area contributed by atoms with Crippen LogP contribution in [-0.2, 0) is 12.6 Å². The molecule has 1 fully saturated rings. The molecule has 0 bridgehead atoms. The molecular weight excluding hydrogens is 275 g/mol. The molecule has 1 aliphatic rings. The number of nitrogens with one attached hydrogen (secondary N) is 1. The van der Waals surface area contributed by atoms with E-state index >= 15 is 0 Å². The van der Waals surface area contributed by atoms with Crippen molar-refractivity contribution >= 4 is 12.4 Å². The summed E-state index contributed by atoms with van der Waals surface area (Å²) in [7, 11) is 0. The average molecular weight is 294 g/mol. The fourth-order valence-corrected chi connectivity index (χ4v) is 2.46. The van der Waals surface area contributed by atoms with Crippen LogP contribution in [0.2, 0.25) is 0 Å². The molecule has 0 radical (unpaired) electrons. The SMILES string of the molecule is Cl.FC(F)(F)c1ccc(CC2CCCNCC2)cc1. The first-order chi connectivity index (χ1) is 8.55. The minimum atomic E-state index is -4.23. The Morgan fingerprint density at radius 3 is 2.37 bits per heavy atom. The van der Waals surface area contributed by atoms with Crippen LogP contribution >= 0.6 is 12.4 Å². The molecule has 1 saturated heterocycles. The van der Waals surface area contributed by atoms with Crippen molar-refractivity contribution in [2.24, 2.45) is 5.92 Å². The van der Waals surface area contributed by atoms with Gasteiger partial charge in [-0.1, -0.05) is 12.1 Å². The van der Waals surface area contributed by atoms with E-state index in [1.54, 1.807) is 12.1 Å². The van der Waals surface area contributed by atoms with E-state index in [1.807, 2.05) is 0 Å². The highest BCUT2D eigenvalue weighted by Gasteiger charge is 2.29. The first-order valence-corrected chi connectivity index (χ1v) is 6.42. The van der Waals surface area contributed by atoms with Crippen LogP contribution < -0.4 is 5.32 Å². The Labute approximate surface area is 118 Å². The number of hydrogen-bond donors (Lipinski definition) is 1. The largest absolute Gasteiger partial charge is 0.416 e. The smallest absolute Gasteiger partial charge is 0.317 e. The van der Waals surface area contributed by atoms with Crippen molar-refractivity contribution in [1.29, 1.82) is 0 Å². The van der Waals surface area contributed by atoms with Gasteiger partial charge in [-0.25, -0.2) is 0 Å². The zero-order chi connectivity index (χ0) is 13.0. The van der Waals surface area contributed by atoms with Crippen molar-refractivity contribution in [3.8, 4) is 0 Å². The predicted octanol–water partition coefficient (Wildman–Crippen LogP) is 4.06. The van der Waals surface area contributed by atoms with Crippen LogP contribution in [0.4, 0.5) is 13.2 Å². The monoisotopic (exact) mass is 293 g/mol. The highest BCUT2D eigenvalue weighted by atomic mass is 35.5. The van der Waals surface area contributed by atoms with Gasteiger partial charge in [-0.15, -0.1) is 12.4 Å². The maximum atomic E-state index is 12.4. The molecule has 0 aromatic heterocycles. The summed E-state index contributed by atoms with van der Waals surface area (Å²) >= 11 is 0. The van der Waals surface area contributed by atoms with Crippen LogP contribution in [0.3, 0.4) is 0 Å². The fraction of sp³-hybridized carbons (Fsp3) is 0.571. The normalized spacial score (nSPS) is 20.5. The van der Waals surface area contributed by atoms with Gasteiger partial charge in [0.15, 0.2) is 0 Å². The molecule has 1 atom stereocenters. The third-order valence-corrected chi connectivity index (χ3v) is 3.50. The van der Waals surface area contributed by atoms with E-state index in [4.69, 9.17) is 0 Å². The maximum absolute atomic E-state index is 12.4. The number of halogens is 4. The quantitative estimate of drug-likeness (QED) is 0.867. The molecule has 1 nitrogen and oxygen atoms in total.